The highest BCUT2D eigenvalue weighted by molar-refractivity contribution is 7.89. The van der Waals surface area contributed by atoms with E-state index in [1.54, 1.807) is 12.1 Å². The van der Waals surface area contributed by atoms with E-state index in [2.05, 4.69) is 0 Å². The average Bonchev–Trinajstić information content (AvgIpc) is 2.61. The Bertz CT molecular complexity index is 769. The molecule has 6 nitrogen and oxygen atoms in total. The van der Waals surface area contributed by atoms with Crippen molar-refractivity contribution in [2.45, 2.75) is 11.4 Å². The predicted molar refractivity (Wildman–Crippen MR) is 99.9 cm³/mol. The van der Waals surface area contributed by atoms with Crippen LogP contribution in [0.4, 0.5) is 0 Å². The number of hydrogen-bond acceptors (Lipinski definition) is 5. The number of nitrogens with two attached hydrogens (primary N) is 1. The molecule has 8 heteroatoms. The van der Waals surface area contributed by atoms with Crippen LogP contribution in [0.1, 0.15) is 5.56 Å². The van der Waals surface area contributed by atoms with Gasteiger partial charge in [0.15, 0.2) is 0 Å². The van der Waals surface area contributed by atoms with Crippen LogP contribution in [0.2, 0.25) is 0 Å². The van der Waals surface area contributed by atoms with Crippen molar-refractivity contribution in [1.29, 1.82) is 0 Å². The molecule has 0 radical (unpaired) electrons. The van der Waals surface area contributed by atoms with Crippen molar-refractivity contribution in [2.24, 2.45) is 5.73 Å². The maximum atomic E-state index is 13.1. The van der Waals surface area contributed by atoms with Crippen molar-refractivity contribution in [3.63, 3.8) is 0 Å². The second-order valence-corrected chi connectivity index (χ2v) is 7.04. The van der Waals surface area contributed by atoms with E-state index in [4.69, 9.17) is 15.2 Å². The Morgan fingerprint density at radius 1 is 1.04 bits per heavy atom. The molecule has 2 aromatic carbocycles. The highest BCUT2D eigenvalue weighted by atomic mass is 35.5. The lowest BCUT2D eigenvalue weighted by atomic mass is 10.2. The van der Waals surface area contributed by atoms with Crippen molar-refractivity contribution in [3.8, 4) is 11.5 Å². The molecule has 0 unspecified atom stereocenters. The molecule has 0 aliphatic rings. The standard InChI is InChI=1S/C17H22N2O4S.ClH/c1-22-15-8-9-16(23-2)17(12-15)24(20,21)19(11-10-18)13-14-6-4-3-5-7-14;/h3-9,12H,10-11,13,18H2,1-2H3;1H. The molecule has 0 fully saturated rings. The van der Waals surface area contributed by atoms with E-state index in [1.165, 1.54) is 24.6 Å². The molecule has 2 rings (SSSR count). The van der Waals surface area contributed by atoms with Gasteiger partial charge in [0, 0.05) is 25.7 Å². The van der Waals surface area contributed by atoms with Crippen LogP contribution in [-0.4, -0.2) is 40.0 Å². The van der Waals surface area contributed by atoms with Crippen molar-refractivity contribution < 1.29 is 17.9 Å². The lowest BCUT2D eigenvalue weighted by Gasteiger charge is -2.23. The average molecular weight is 387 g/mol. The summed E-state index contributed by atoms with van der Waals surface area (Å²) in [5.74, 6) is 0.715. The van der Waals surface area contributed by atoms with Crippen molar-refractivity contribution >= 4 is 22.4 Å². The van der Waals surface area contributed by atoms with Crippen molar-refractivity contribution in [2.75, 3.05) is 27.3 Å². The maximum absolute atomic E-state index is 13.1. The Kier molecular flexibility index (Phi) is 8.18. The van der Waals surface area contributed by atoms with Crippen LogP contribution in [0.5, 0.6) is 11.5 Å². The molecule has 0 saturated heterocycles. The van der Waals surface area contributed by atoms with E-state index in [-0.39, 0.29) is 42.7 Å². The van der Waals surface area contributed by atoms with E-state index in [0.29, 0.717) is 5.75 Å². The summed E-state index contributed by atoms with van der Waals surface area (Å²) in [7, 11) is -0.867. The highest BCUT2D eigenvalue weighted by Gasteiger charge is 2.28. The molecule has 25 heavy (non-hydrogen) atoms. The summed E-state index contributed by atoms with van der Waals surface area (Å²) in [6.07, 6.45) is 0. The number of benzene rings is 2. The van der Waals surface area contributed by atoms with Gasteiger partial charge in [0.1, 0.15) is 16.4 Å². The number of nitrogens with zero attached hydrogens (tertiary/aromatic N) is 1. The number of halogens is 1. The molecule has 0 heterocycles. The molecule has 2 N–H and O–H groups in total. The largest absolute Gasteiger partial charge is 0.497 e. The third kappa shape index (κ3) is 5.09. The van der Waals surface area contributed by atoms with Gasteiger partial charge in [0.25, 0.3) is 0 Å². The molecule has 0 spiro atoms. The van der Waals surface area contributed by atoms with Crippen molar-refractivity contribution in [1.82, 2.24) is 4.31 Å². The Labute approximate surface area is 155 Å². The van der Waals surface area contributed by atoms with Gasteiger partial charge in [-0.3, -0.25) is 0 Å². The molecule has 0 amide bonds. The van der Waals surface area contributed by atoms with Gasteiger partial charge in [-0.25, -0.2) is 8.42 Å². The molecule has 0 aromatic heterocycles. The fraction of sp³-hybridized carbons (Fsp3) is 0.294. The van der Waals surface area contributed by atoms with Gasteiger partial charge in [-0.1, -0.05) is 30.3 Å². The first kappa shape index (κ1) is 21.2. The first-order valence-corrected chi connectivity index (χ1v) is 8.93. The highest BCUT2D eigenvalue weighted by Crippen LogP contribution is 2.31. The second kappa shape index (κ2) is 9.62. The Hall–Kier alpha value is -1.80. The molecule has 138 valence electrons. The van der Waals surface area contributed by atoms with Gasteiger partial charge < -0.3 is 15.2 Å². The first-order valence-electron chi connectivity index (χ1n) is 7.49. The van der Waals surface area contributed by atoms with Crippen molar-refractivity contribution in [3.05, 3.63) is 54.1 Å². The summed E-state index contributed by atoms with van der Waals surface area (Å²) in [4.78, 5) is 0.0636. The van der Waals surface area contributed by atoms with Gasteiger partial charge in [-0.15, -0.1) is 12.4 Å². The summed E-state index contributed by atoms with van der Waals surface area (Å²) in [6.45, 7) is 0.663. The molecule has 0 saturated carbocycles. The Morgan fingerprint density at radius 3 is 2.28 bits per heavy atom. The van der Waals surface area contributed by atoms with Gasteiger partial charge >= 0.3 is 0 Å². The fourth-order valence-electron chi connectivity index (χ4n) is 2.34. The molecule has 0 atom stereocenters. The lowest BCUT2D eigenvalue weighted by Crippen LogP contribution is -2.35. The number of rotatable bonds is 8. The van der Waals surface area contributed by atoms with Gasteiger partial charge in [0.05, 0.1) is 14.2 Å². The lowest BCUT2D eigenvalue weighted by molar-refractivity contribution is 0.381. The second-order valence-electron chi connectivity index (χ2n) is 5.13. The summed E-state index contributed by atoms with van der Waals surface area (Å²) in [6, 6.07) is 14.1. The third-order valence-electron chi connectivity index (χ3n) is 3.57. The van der Waals surface area contributed by atoms with Crippen LogP contribution in [0, 0.1) is 0 Å². The normalized spacial score (nSPS) is 11.0. The van der Waals surface area contributed by atoms with Crippen LogP contribution in [0.3, 0.4) is 0 Å². The number of methoxy groups -OCH3 is 2. The zero-order chi connectivity index (χ0) is 17.6. The smallest absolute Gasteiger partial charge is 0.247 e. The van der Waals surface area contributed by atoms with E-state index < -0.39 is 10.0 Å². The molecule has 2 aromatic rings. The van der Waals surface area contributed by atoms with Gasteiger partial charge in [0.2, 0.25) is 10.0 Å². The molecule has 0 aliphatic carbocycles. The third-order valence-corrected chi connectivity index (χ3v) is 5.44. The minimum absolute atomic E-state index is 0. The van der Waals surface area contributed by atoms with Crippen LogP contribution in [0.25, 0.3) is 0 Å². The van der Waals surface area contributed by atoms with Gasteiger partial charge in [-0.05, 0) is 17.7 Å². The predicted octanol–water partition coefficient (Wildman–Crippen LogP) is 2.28. The van der Waals surface area contributed by atoms with E-state index in [0.717, 1.165) is 5.56 Å². The Morgan fingerprint density at radius 2 is 1.72 bits per heavy atom. The number of ether oxygens (including phenoxy) is 2. The van der Waals surface area contributed by atoms with E-state index >= 15 is 0 Å². The topological polar surface area (TPSA) is 81.9 Å². The first-order chi connectivity index (χ1) is 11.5. The zero-order valence-corrected chi connectivity index (χ0v) is 15.8. The fourth-order valence-corrected chi connectivity index (χ4v) is 3.95. The van der Waals surface area contributed by atoms with Crippen LogP contribution in [-0.2, 0) is 16.6 Å². The monoisotopic (exact) mass is 386 g/mol. The van der Waals surface area contributed by atoms with E-state index in [1.807, 2.05) is 30.3 Å². The zero-order valence-electron chi connectivity index (χ0n) is 14.2. The molecule has 0 aliphatic heterocycles. The molecule has 0 bridgehead atoms. The SMILES string of the molecule is COc1ccc(OC)c(S(=O)(=O)N(CCN)Cc2ccccc2)c1.Cl. The number of sulfonamides is 1. The van der Waals surface area contributed by atoms with Crippen LogP contribution < -0.4 is 15.2 Å². The summed E-state index contributed by atoms with van der Waals surface area (Å²) in [5.41, 5.74) is 6.51. The Balaban J connectivity index is 0.00000312. The summed E-state index contributed by atoms with van der Waals surface area (Å²) in [5, 5.41) is 0. The van der Waals surface area contributed by atoms with Gasteiger partial charge in [-0.2, -0.15) is 4.31 Å². The number of hydrogen-bond donors (Lipinski definition) is 1. The minimum atomic E-state index is -3.79. The summed E-state index contributed by atoms with van der Waals surface area (Å²) < 4.78 is 37.9. The molecular weight excluding hydrogens is 364 g/mol. The van der Waals surface area contributed by atoms with E-state index in [9.17, 15) is 8.42 Å². The van der Waals surface area contributed by atoms with Crippen LogP contribution in [0.15, 0.2) is 53.4 Å². The van der Waals surface area contributed by atoms with Crippen LogP contribution >= 0.6 is 12.4 Å². The quantitative estimate of drug-likeness (QED) is 0.752. The minimum Gasteiger partial charge on any atom is -0.497 e. The molecular formula is C17H23ClN2O4S. The summed E-state index contributed by atoms with van der Waals surface area (Å²) >= 11 is 0. The maximum Gasteiger partial charge on any atom is 0.247 e.